The van der Waals surface area contributed by atoms with Crippen LogP contribution in [0.1, 0.15) is 29.5 Å². The highest BCUT2D eigenvalue weighted by atomic mass is 32.2. The van der Waals surface area contributed by atoms with Gasteiger partial charge in [0, 0.05) is 18.2 Å². The van der Waals surface area contributed by atoms with Gasteiger partial charge in [-0.05, 0) is 26.3 Å². The first-order valence-corrected chi connectivity index (χ1v) is 8.70. The zero-order valence-electron chi connectivity index (χ0n) is 13.2. The quantitative estimate of drug-likeness (QED) is 0.888. The summed E-state index contributed by atoms with van der Waals surface area (Å²) in [6.45, 7) is 3.54. The first-order valence-electron chi connectivity index (χ1n) is 7.26. The summed E-state index contributed by atoms with van der Waals surface area (Å²) >= 11 is 0. The summed E-state index contributed by atoms with van der Waals surface area (Å²) in [4.78, 5) is 0.183. The van der Waals surface area contributed by atoms with Crippen LogP contribution < -0.4 is 9.04 Å². The van der Waals surface area contributed by atoms with Gasteiger partial charge in [0.2, 0.25) is 0 Å². The number of aliphatic hydroxyl groups excluding tert-OH is 1. The molecular weight excluding hydrogens is 318 g/mol. The Morgan fingerprint density at radius 3 is 2.74 bits per heavy atom. The number of rotatable bonds is 3. The van der Waals surface area contributed by atoms with Gasteiger partial charge in [0.05, 0.1) is 30.3 Å². The van der Waals surface area contributed by atoms with E-state index in [0.29, 0.717) is 34.8 Å². The lowest BCUT2D eigenvalue weighted by molar-refractivity contribution is 0.166. The molecule has 0 amide bonds. The minimum absolute atomic E-state index is 0.183. The van der Waals surface area contributed by atoms with E-state index < -0.39 is 16.1 Å². The fourth-order valence-corrected chi connectivity index (χ4v) is 4.78. The maximum Gasteiger partial charge on any atom is 0.267 e. The van der Waals surface area contributed by atoms with Crippen LogP contribution in [0, 0.1) is 13.8 Å². The molecule has 1 atom stereocenters. The Balaban J connectivity index is 2.17. The highest BCUT2D eigenvalue weighted by molar-refractivity contribution is 7.93. The fraction of sp³-hybridized carbons (Fsp3) is 0.400. The molecule has 1 aliphatic rings. The van der Waals surface area contributed by atoms with E-state index in [1.165, 1.54) is 11.4 Å². The number of nitrogens with one attached hydrogen (secondary N) is 1. The number of aryl methyl sites for hydroxylation is 2. The van der Waals surface area contributed by atoms with Gasteiger partial charge in [-0.1, -0.05) is 6.07 Å². The van der Waals surface area contributed by atoms with Gasteiger partial charge in [-0.25, -0.2) is 8.42 Å². The first kappa shape index (κ1) is 15.8. The van der Waals surface area contributed by atoms with Crippen LogP contribution in [0.5, 0.6) is 5.75 Å². The highest BCUT2D eigenvalue weighted by Crippen LogP contribution is 2.39. The van der Waals surface area contributed by atoms with Crippen molar-refractivity contribution in [2.75, 3.05) is 18.0 Å². The number of sulfonamides is 1. The van der Waals surface area contributed by atoms with Crippen LogP contribution in [0.3, 0.4) is 0 Å². The lowest BCUT2D eigenvalue weighted by Gasteiger charge is -2.33. The van der Waals surface area contributed by atoms with Crippen LogP contribution in [-0.4, -0.2) is 37.4 Å². The van der Waals surface area contributed by atoms with Gasteiger partial charge < -0.3 is 9.84 Å². The highest BCUT2D eigenvalue weighted by Gasteiger charge is 2.35. The van der Waals surface area contributed by atoms with Crippen LogP contribution in [0.4, 0.5) is 5.69 Å². The van der Waals surface area contributed by atoms with E-state index in [1.807, 2.05) is 0 Å². The van der Waals surface area contributed by atoms with Gasteiger partial charge in [-0.3, -0.25) is 9.40 Å². The summed E-state index contributed by atoms with van der Waals surface area (Å²) in [5, 5.41) is 16.9. The summed E-state index contributed by atoms with van der Waals surface area (Å²) in [6, 6.07) is 5.06. The maximum atomic E-state index is 13.1. The second-order valence-electron chi connectivity index (χ2n) is 5.57. The third kappa shape index (κ3) is 2.47. The Bertz CT molecular complexity index is 825. The number of benzene rings is 1. The van der Waals surface area contributed by atoms with Crippen molar-refractivity contribution >= 4 is 15.7 Å². The minimum Gasteiger partial charge on any atom is -0.497 e. The number of aliphatic hydroxyl groups is 1. The standard InChI is InChI=1S/C15H19N3O4S/c1-9-15(10(2)17-16-9)23(20,21)18-7-6-14(19)12-5-4-11(22-3)8-13(12)18/h4-5,8,14,19H,6-7H2,1-3H3,(H,16,17). The summed E-state index contributed by atoms with van der Waals surface area (Å²) in [6.07, 6.45) is -0.344. The number of ether oxygens (including phenoxy) is 1. The van der Waals surface area contributed by atoms with Crippen molar-refractivity contribution in [1.82, 2.24) is 10.2 Å². The second kappa shape index (κ2) is 5.54. The summed E-state index contributed by atoms with van der Waals surface area (Å²) in [5.41, 5.74) is 1.96. The molecule has 0 bridgehead atoms. The van der Waals surface area contributed by atoms with E-state index >= 15 is 0 Å². The average molecular weight is 337 g/mol. The molecular formula is C15H19N3O4S. The van der Waals surface area contributed by atoms with E-state index in [2.05, 4.69) is 10.2 Å². The largest absolute Gasteiger partial charge is 0.497 e. The van der Waals surface area contributed by atoms with E-state index in [4.69, 9.17) is 4.74 Å². The van der Waals surface area contributed by atoms with Crippen LogP contribution in [0.25, 0.3) is 0 Å². The predicted octanol–water partition coefficient (Wildman–Crippen LogP) is 1.67. The predicted molar refractivity (Wildman–Crippen MR) is 85.2 cm³/mol. The van der Waals surface area contributed by atoms with Crippen LogP contribution in [0.2, 0.25) is 0 Å². The number of hydrogen-bond donors (Lipinski definition) is 2. The number of methoxy groups -OCH3 is 1. The lowest BCUT2D eigenvalue weighted by Crippen LogP contribution is -2.37. The number of anilines is 1. The molecule has 1 unspecified atom stereocenters. The number of hydrogen-bond acceptors (Lipinski definition) is 5. The van der Waals surface area contributed by atoms with Crippen LogP contribution >= 0.6 is 0 Å². The topological polar surface area (TPSA) is 95.5 Å². The van der Waals surface area contributed by atoms with Gasteiger partial charge in [-0.2, -0.15) is 5.10 Å². The molecule has 2 aromatic rings. The smallest absolute Gasteiger partial charge is 0.267 e. The van der Waals surface area contributed by atoms with E-state index in [9.17, 15) is 13.5 Å². The van der Waals surface area contributed by atoms with Gasteiger partial charge >= 0.3 is 0 Å². The Hall–Kier alpha value is -2.06. The third-order valence-electron chi connectivity index (χ3n) is 4.08. The Morgan fingerprint density at radius 1 is 1.39 bits per heavy atom. The van der Waals surface area contributed by atoms with E-state index in [0.717, 1.165) is 0 Å². The summed E-state index contributed by atoms with van der Waals surface area (Å²) in [7, 11) is -2.25. The molecule has 1 aromatic carbocycles. The van der Waals surface area contributed by atoms with E-state index in [1.54, 1.807) is 32.0 Å². The van der Waals surface area contributed by atoms with Crippen molar-refractivity contribution in [3.05, 3.63) is 35.2 Å². The van der Waals surface area contributed by atoms with Crippen molar-refractivity contribution in [1.29, 1.82) is 0 Å². The zero-order valence-corrected chi connectivity index (χ0v) is 14.0. The number of fused-ring (bicyclic) bond motifs is 1. The van der Waals surface area contributed by atoms with Gasteiger partial charge in [0.25, 0.3) is 10.0 Å². The van der Waals surface area contributed by atoms with Crippen molar-refractivity contribution in [3.63, 3.8) is 0 Å². The fourth-order valence-electron chi connectivity index (χ4n) is 2.94. The van der Waals surface area contributed by atoms with Gasteiger partial charge in [0.15, 0.2) is 0 Å². The van der Waals surface area contributed by atoms with Crippen molar-refractivity contribution in [2.45, 2.75) is 31.3 Å². The molecule has 0 aliphatic carbocycles. The molecule has 124 valence electrons. The Kier molecular flexibility index (Phi) is 3.81. The molecule has 0 spiro atoms. The Labute approximate surface area is 134 Å². The number of nitrogens with zero attached hydrogens (tertiary/aromatic N) is 2. The molecule has 0 saturated carbocycles. The molecule has 1 aromatic heterocycles. The minimum atomic E-state index is -3.77. The molecule has 0 saturated heterocycles. The summed E-state index contributed by atoms with van der Waals surface area (Å²) in [5.74, 6) is 0.540. The van der Waals surface area contributed by atoms with E-state index in [-0.39, 0.29) is 11.4 Å². The van der Waals surface area contributed by atoms with Crippen LogP contribution in [0.15, 0.2) is 23.1 Å². The maximum absolute atomic E-state index is 13.1. The molecule has 23 heavy (non-hydrogen) atoms. The molecule has 7 nitrogen and oxygen atoms in total. The number of aromatic nitrogens is 2. The van der Waals surface area contributed by atoms with Crippen molar-refractivity contribution in [3.8, 4) is 5.75 Å². The van der Waals surface area contributed by atoms with Crippen molar-refractivity contribution in [2.24, 2.45) is 0 Å². The first-order chi connectivity index (χ1) is 10.9. The zero-order chi connectivity index (χ0) is 16.8. The third-order valence-corrected chi connectivity index (χ3v) is 6.16. The molecule has 8 heteroatoms. The van der Waals surface area contributed by atoms with Gasteiger partial charge in [-0.15, -0.1) is 0 Å². The van der Waals surface area contributed by atoms with Crippen LogP contribution in [-0.2, 0) is 10.0 Å². The molecule has 3 rings (SSSR count). The lowest BCUT2D eigenvalue weighted by atomic mass is 10.0. The number of aromatic amines is 1. The average Bonchev–Trinajstić information content (AvgIpc) is 2.86. The van der Waals surface area contributed by atoms with Gasteiger partial charge in [0.1, 0.15) is 10.6 Å². The molecule has 2 heterocycles. The molecule has 0 radical (unpaired) electrons. The van der Waals surface area contributed by atoms with Crippen molar-refractivity contribution < 1.29 is 18.3 Å². The molecule has 1 aliphatic heterocycles. The summed E-state index contributed by atoms with van der Waals surface area (Å²) < 4.78 is 32.7. The second-order valence-corrected chi connectivity index (χ2v) is 7.37. The molecule has 2 N–H and O–H groups in total. The normalized spacial score (nSPS) is 17.9. The monoisotopic (exact) mass is 337 g/mol. The Morgan fingerprint density at radius 2 is 2.13 bits per heavy atom. The SMILES string of the molecule is COc1ccc2c(c1)N(S(=O)(=O)c1c(C)n[nH]c1C)CCC2O. The molecule has 0 fully saturated rings. The number of H-pyrrole nitrogens is 1.